The molecular formula is C31H37ClN2O5S. The summed E-state index contributed by atoms with van der Waals surface area (Å²) in [6.45, 7) is 2.01. The van der Waals surface area contributed by atoms with E-state index in [0.29, 0.717) is 36.7 Å². The van der Waals surface area contributed by atoms with Crippen LogP contribution in [0.2, 0.25) is 5.02 Å². The Bertz CT molecular complexity index is 1450. The molecule has 1 spiro atoms. The minimum Gasteiger partial charge on any atom is -0.490 e. The van der Waals surface area contributed by atoms with Crippen LogP contribution in [-0.2, 0) is 21.9 Å². The van der Waals surface area contributed by atoms with Gasteiger partial charge in [-0.15, -0.1) is 0 Å². The van der Waals surface area contributed by atoms with E-state index < -0.39 is 27.3 Å². The van der Waals surface area contributed by atoms with Crippen LogP contribution in [0.3, 0.4) is 0 Å². The maximum atomic E-state index is 13.3. The van der Waals surface area contributed by atoms with Gasteiger partial charge in [-0.3, -0.25) is 4.79 Å². The van der Waals surface area contributed by atoms with Crippen LogP contribution in [0, 0.1) is 17.8 Å². The van der Waals surface area contributed by atoms with Crippen molar-refractivity contribution in [3.63, 3.8) is 0 Å². The number of amides is 1. The number of aliphatic hydroxyl groups is 1. The zero-order chi connectivity index (χ0) is 27.6. The topological polar surface area (TPSA) is 95.9 Å². The SMILES string of the molecule is O=C1NS(=O)(=O)[C@@H]2CCC[C@H](C2)[C@@H](O)[C@@H]2CC[C@H]2CN2C[C@@]3(CCCc4cc(Cl)ccc43)COc3ccc1cc32. The molecule has 0 unspecified atom stereocenters. The third-order valence-electron chi connectivity index (χ3n) is 10.5. The van der Waals surface area contributed by atoms with Crippen molar-refractivity contribution < 1.29 is 23.1 Å². The monoisotopic (exact) mass is 584 g/mol. The molecule has 40 heavy (non-hydrogen) atoms. The van der Waals surface area contributed by atoms with E-state index in [1.165, 1.54) is 11.1 Å². The molecule has 2 aromatic rings. The zero-order valence-electron chi connectivity index (χ0n) is 22.6. The number of aryl methyl sites for hydroxylation is 1. The number of hydrogen-bond donors (Lipinski definition) is 2. The van der Waals surface area contributed by atoms with Gasteiger partial charge in [-0.05, 0) is 111 Å². The molecule has 1 amide bonds. The van der Waals surface area contributed by atoms with Crippen LogP contribution in [0.15, 0.2) is 36.4 Å². The predicted octanol–water partition coefficient (Wildman–Crippen LogP) is 4.83. The Balaban J connectivity index is 1.32. The summed E-state index contributed by atoms with van der Waals surface area (Å²) in [6.07, 6.45) is 6.96. The molecule has 0 aromatic heterocycles. The Morgan fingerprint density at radius 2 is 1.93 bits per heavy atom. The van der Waals surface area contributed by atoms with E-state index in [9.17, 15) is 18.3 Å². The van der Waals surface area contributed by atoms with Gasteiger partial charge >= 0.3 is 0 Å². The first-order valence-corrected chi connectivity index (χ1v) is 16.7. The molecule has 214 valence electrons. The van der Waals surface area contributed by atoms with Crippen LogP contribution < -0.4 is 14.4 Å². The summed E-state index contributed by atoms with van der Waals surface area (Å²) in [5.41, 5.74) is 3.45. The van der Waals surface area contributed by atoms with Crippen LogP contribution in [0.25, 0.3) is 0 Å². The van der Waals surface area contributed by atoms with Crippen molar-refractivity contribution in [3.05, 3.63) is 58.1 Å². The molecule has 2 fully saturated rings. The molecular weight excluding hydrogens is 548 g/mol. The third kappa shape index (κ3) is 4.51. The highest BCUT2D eigenvalue weighted by atomic mass is 35.5. The average Bonchev–Trinajstić information content (AvgIpc) is 3.07. The molecule has 2 saturated carbocycles. The standard InChI is InChI=1S/C31H37ClN2O5S/c32-23-8-10-26-19(13-23)4-2-12-31(26)17-34-16-22-6-9-25(22)29(35)20-3-1-5-24(14-20)40(37,38)33-30(36)21-7-11-28(39-18-31)27(34)15-21/h7-8,10-11,13,15,20,22,24-25,29,35H,1-6,9,12,14,16-18H2,(H,33,36)/t20-,22+,24-,25-,29-,31+/m1/s1. The number of nitrogens with zero attached hydrogens (tertiary/aromatic N) is 1. The number of halogens is 1. The molecule has 2 aliphatic heterocycles. The minimum absolute atomic E-state index is 0.0664. The van der Waals surface area contributed by atoms with Gasteiger partial charge in [-0.2, -0.15) is 0 Å². The first kappa shape index (κ1) is 26.6. The van der Waals surface area contributed by atoms with E-state index in [4.69, 9.17) is 16.3 Å². The Hall–Kier alpha value is -2.29. The summed E-state index contributed by atoms with van der Waals surface area (Å²) >= 11 is 6.38. The number of aliphatic hydroxyl groups excluding tert-OH is 1. The number of anilines is 1. The lowest BCUT2D eigenvalue weighted by molar-refractivity contribution is -0.0314. The summed E-state index contributed by atoms with van der Waals surface area (Å²) in [6, 6.07) is 11.5. The Kier molecular flexibility index (Phi) is 6.59. The van der Waals surface area contributed by atoms with Crippen molar-refractivity contribution >= 4 is 33.2 Å². The lowest BCUT2D eigenvalue weighted by Crippen LogP contribution is -2.51. The van der Waals surface area contributed by atoms with E-state index >= 15 is 0 Å². The molecule has 7 rings (SSSR count). The number of rotatable bonds is 0. The Labute approximate surface area is 241 Å². The molecule has 2 N–H and O–H groups in total. The van der Waals surface area contributed by atoms with Crippen molar-refractivity contribution in [1.82, 2.24) is 4.72 Å². The van der Waals surface area contributed by atoms with E-state index in [0.717, 1.165) is 68.7 Å². The lowest BCUT2D eigenvalue weighted by Gasteiger charge is -2.47. The maximum Gasteiger partial charge on any atom is 0.264 e. The Morgan fingerprint density at radius 3 is 2.75 bits per heavy atom. The van der Waals surface area contributed by atoms with Crippen molar-refractivity contribution in [1.29, 1.82) is 0 Å². The molecule has 0 radical (unpaired) electrons. The van der Waals surface area contributed by atoms with Gasteiger partial charge in [0, 0.05) is 29.1 Å². The smallest absolute Gasteiger partial charge is 0.264 e. The second-order valence-electron chi connectivity index (χ2n) is 12.8. The molecule has 3 aliphatic carbocycles. The largest absolute Gasteiger partial charge is 0.490 e. The van der Waals surface area contributed by atoms with Gasteiger partial charge in [0.25, 0.3) is 5.91 Å². The zero-order valence-corrected chi connectivity index (χ0v) is 24.2. The second-order valence-corrected chi connectivity index (χ2v) is 15.2. The molecule has 9 heteroatoms. The van der Waals surface area contributed by atoms with Gasteiger partial charge < -0.3 is 14.7 Å². The fourth-order valence-corrected chi connectivity index (χ4v) is 9.92. The first-order chi connectivity index (χ1) is 19.2. The van der Waals surface area contributed by atoms with Crippen LogP contribution >= 0.6 is 11.6 Å². The molecule has 2 aromatic carbocycles. The summed E-state index contributed by atoms with van der Waals surface area (Å²) < 4.78 is 35.5. The van der Waals surface area contributed by atoms with Crippen molar-refractivity contribution in [2.45, 2.75) is 74.6 Å². The minimum atomic E-state index is -3.87. The quantitative estimate of drug-likeness (QED) is 0.460. The van der Waals surface area contributed by atoms with Crippen molar-refractivity contribution in [2.24, 2.45) is 17.8 Å². The third-order valence-corrected chi connectivity index (χ3v) is 12.5. The number of benzene rings is 2. The van der Waals surface area contributed by atoms with Crippen molar-refractivity contribution in [3.8, 4) is 5.75 Å². The second kappa shape index (κ2) is 9.92. The summed E-state index contributed by atoms with van der Waals surface area (Å²) in [7, 11) is -3.87. The first-order valence-electron chi connectivity index (χ1n) is 14.8. The fourth-order valence-electron chi connectivity index (χ4n) is 8.20. The number of carbonyl (C=O) groups excluding carboxylic acids is 1. The lowest BCUT2D eigenvalue weighted by atomic mass is 9.65. The van der Waals surface area contributed by atoms with Gasteiger partial charge in [0.2, 0.25) is 10.0 Å². The summed E-state index contributed by atoms with van der Waals surface area (Å²) in [4.78, 5) is 15.7. The van der Waals surface area contributed by atoms with E-state index in [1.54, 1.807) is 12.1 Å². The highest BCUT2D eigenvalue weighted by molar-refractivity contribution is 7.90. The van der Waals surface area contributed by atoms with Crippen LogP contribution in [0.4, 0.5) is 5.69 Å². The molecule has 0 saturated heterocycles. The van der Waals surface area contributed by atoms with Gasteiger partial charge in [0.05, 0.1) is 23.6 Å². The summed E-state index contributed by atoms with van der Waals surface area (Å²) in [5.74, 6) is 0.471. The van der Waals surface area contributed by atoms with Crippen LogP contribution in [0.1, 0.15) is 72.9 Å². The van der Waals surface area contributed by atoms with Crippen LogP contribution in [0.5, 0.6) is 5.75 Å². The van der Waals surface area contributed by atoms with Gasteiger partial charge in [-0.25, -0.2) is 13.1 Å². The predicted molar refractivity (Wildman–Crippen MR) is 155 cm³/mol. The number of carbonyl (C=O) groups is 1. The molecule has 6 atom stereocenters. The highest BCUT2D eigenvalue weighted by Crippen LogP contribution is 2.48. The molecule has 4 bridgehead atoms. The number of nitrogens with one attached hydrogen (secondary N) is 1. The maximum absolute atomic E-state index is 13.3. The fraction of sp³-hybridized carbons (Fsp3) is 0.581. The summed E-state index contributed by atoms with van der Waals surface area (Å²) in [5, 5.41) is 11.6. The van der Waals surface area contributed by atoms with E-state index in [2.05, 4.69) is 21.8 Å². The average molecular weight is 585 g/mol. The highest BCUT2D eigenvalue weighted by Gasteiger charge is 2.46. The Morgan fingerprint density at radius 1 is 1.05 bits per heavy atom. The van der Waals surface area contributed by atoms with E-state index in [1.807, 2.05) is 12.1 Å². The number of fused-ring (bicyclic) bond motifs is 6. The molecule has 7 nitrogen and oxygen atoms in total. The van der Waals surface area contributed by atoms with Crippen LogP contribution in [-0.4, -0.2) is 50.5 Å². The van der Waals surface area contributed by atoms with Gasteiger partial charge in [0.15, 0.2) is 0 Å². The van der Waals surface area contributed by atoms with E-state index in [-0.39, 0.29) is 17.3 Å². The number of hydrogen-bond acceptors (Lipinski definition) is 6. The van der Waals surface area contributed by atoms with Crippen molar-refractivity contribution in [2.75, 3.05) is 24.6 Å². The number of sulfonamides is 1. The van der Waals surface area contributed by atoms with Gasteiger partial charge in [-0.1, -0.05) is 24.1 Å². The normalized spacial score (nSPS) is 34.7. The molecule has 5 aliphatic rings. The van der Waals surface area contributed by atoms with Gasteiger partial charge in [0.1, 0.15) is 5.75 Å². The molecule has 2 heterocycles. The number of ether oxygens (including phenoxy) is 1.